The van der Waals surface area contributed by atoms with Crippen molar-refractivity contribution in [3.8, 4) is 0 Å². The van der Waals surface area contributed by atoms with Crippen LogP contribution in [0, 0.1) is 5.92 Å². The van der Waals surface area contributed by atoms with Crippen LogP contribution in [-0.4, -0.2) is 24.6 Å². The van der Waals surface area contributed by atoms with E-state index < -0.39 is 0 Å². The van der Waals surface area contributed by atoms with E-state index in [9.17, 15) is 9.59 Å². The van der Waals surface area contributed by atoms with Crippen molar-refractivity contribution in [3.63, 3.8) is 0 Å². The van der Waals surface area contributed by atoms with Crippen molar-refractivity contribution in [2.75, 3.05) is 6.61 Å². The summed E-state index contributed by atoms with van der Waals surface area (Å²) in [4.78, 5) is 22.5. The maximum absolute atomic E-state index is 11.4. The molecule has 0 heterocycles. The van der Waals surface area contributed by atoms with Crippen molar-refractivity contribution in [2.45, 2.75) is 51.5 Å². The second-order valence-corrected chi connectivity index (χ2v) is 4.60. The predicted molar refractivity (Wildman–Crippen MR) is 64.3 cm³/mol. The van der Waals surface area contributed by atoms with E-state index in [1.54, 1.807) is 0 Å². The third-order valence-corrected chi connectivity index (χ3v) is 3.13. The van der Waals surface area contributed by atoms with Gasteiger partial charge >= 0.3 is 6.09 Å². The van der Waals surface area contributed by atoms with Gasteiger partial charge in [-0.15, -0.1) is 0 Å². The van der Waals surface area contributed by atoms with Crippen LogP contribution in [0.15, 0.2) is 0 Å². The molecule has 1 fully saturated rings. The molecular formula is C12H22N2O3. The average Bonchev–Trinajstić information content (AvgIpc) is 2.29. The second-order valence-electron chi connectivity index (χ2n) is 4.60. The highest BCUT2D eigenvalue weighted by molar-refractivity contribution is 5.77. The van der Waals surface area contributed by atoms with Gasteiger partial charge in [0, 0.05) is 12.0 Å². The minimum absolute atomic E-state index is 0.0235. The van der Waals surface area contributed by atoms with Crippen LogP contribution in [0.1, 0.15) is 45.4 Å². The van der Waals surface area contributed by atoms with Crippen molar-refractivity contribution in [2.24, 2.45) is 11.7 Å². The fourth-order valence-corrected chi connectivity index (χ4v) is 2.10. The van der Waals surface area contributed by atoms with Gasteiger partial charge in [-0.3, -0.25) is 4.79 Å². The van der Waals surface area contributed by atoms with Crippen LogP contribution in [-0.2, 0) is 9.53 Å². The lowest BCUT2D eigenvalue weighted by atomic mass is 9.85. The fourth-order valence-electron chi connectivity index (χ4n) is 2.10. The van der Waals surface area contributed by atoms with Gasteiger partial charge in [0.1, 0.15) is 0 Å². The molecule has 1 saturated carbocycles. The largest absolute Gasteiger partial charge is 0.450 e. The monoisotopic (exact) mass is 242 g/mol. The number of rotatable bonds is 5. The molecule has 0 aromatic heterocycles. The van der Waals surface area contributed by atoms with Crippen LogP contribution < -0.4 is 11.1 Å². The molecule has 0 spiro atoms. The molecule has 2 atom stereocenters. The highest BCUT2D eigenvalue weighted by Gasteiger charge is 2.26. The van der Waals surface area contributed by atoms with E-state index in [-0.39, 0.29) is 24.0 Å². The first-order valence-electron chi connectivity index (χ1n) is 6.36. The lowest BCUT2D eigenvalue weighted by Crippen LogP contribution is -2.41. The number of primary amides is 1. The van der Waals surface area contributed by atoms with Gasteiger partial charge in [-0.2, -0.15) is 0 Å². The summed E-state index contributed by atoms with van der Waals surface area (Å²) in [7, 11) is 0. The quantitative estimate of drug-likeness (QED) is 0.718. The fraction of sp³-hybridized carbons (Fsp3) is 0.833. The lowest BCUT2D eigenvalue weighted by Gasteiger charge is -2.27. The Bertz CT molecular complexity index is 268. The van der Waals surface area contributed by atoms with Crippen LogP contribution in [0.5, 0.6) is 0 Å². The Morgan fingerprint density at radius 3 is 2.82 bits per heavy atom. The Kier molecular flexibility index (Phi) is 5.80. The van der Waals surface area contributed by atoms with E-state index in [4.69, 9.17) is 10.5 Å². The number of ether oxygens (including phenoxy) is 1. The Morgan fingerprint density at radius 1 is 1.41 bits per heavy atom. The number of hydrogen-bond donors (Lipinski definition) is 2. The van der Waals surface area contributed by atoms with Crippen LogP contribution in [0.4, 0.5) is 4.79 Å². The van der Waals surface area contributed by atoms with E-state index in [1.165, 1.54) is 0 Å². The van der Waals surface area contributed by atoms with E-state index in [1.807, 2.05) is 6.92 Å². The Morgan fingerprint density at radius 2 is 2.18 bits per heavy atom. The molecule has 0 bridgehead atoms. The summed E-state index contributed by atoms with van der Waals surface area (Å²) < 4.78 is 5.01. The average molecular weight is 242 g/mol. The number of nitrogens with one attached hydrogen (secondary N) is 1. The van der Waals surface area contributed by atoms with Crippen molar-refractivity contribution < 1.29 is 14.3 Å². The number of amides is 2. The van der Waals surface area contributed by atoms with Gasteiger partial charge in [0.15, 0.2) is 0 Å². The molecule has 1 aliphatic carbocycles. The van der Waals surface area contributed by atoms with Gasteiger partial charge in [0.2, 0.25) is 5.91 Å². The number of hydrogen-bond acceptors (Lipinski definition) is 3. The maximum atomic E-state index is 11.4. The third-order valence-electron chi connectivity index (χ3n) is 3.13. The zero-order valence-electron chi connectivity index (χ0n) is 10.4. The second kappa shape index (κ2) is 7.14. The number of carbonyl (C=O) groups excluding carboxylic acids is 2. The number of alkyl carbamates (subject to hydrolysis) is 1. The molecule has 5 heteroatoms. The van der Waals surface area contributed by atoms with Crippen LogP contribution in [0.25, 0.3) is 0 Å². The maximum Gasteiger partial charge on any atom is 0.407 e. The van der Waals surface area contributed by atoms with Crippen molar-refractivity contribution in [1.29, 1.82) is 0 Å². The first kappa shape index (κ1) is 13.8. The van der Waals surface area contributed by atoms with Gasteiger partial charge in [-0.05, 0) is 25.7 Å². The predicted octanol–water partition coefficient (Wildman–Crippen LogP) is 1.56. The molecule has 0 aromatic carbocycles. The van der Waals surface area contributed by atoms with Gasteiger partial charge in [-0.1, -0.05) is 19.8 Å². The molecule has 0 aromatic rings. The molecular weight excluding hydrogens is 220 g/mol. The molecule has 1 rings (SSSR count). The molecule has 0 radical (unpaired) electrons. The minimum atomic E-state index is -0.381. The standard InChI is InChI=1S/C12H22N2O3/c1-2-3-7-17-12(16)14-10-6-4-5-9(8-10)11(13)15/h9-10H,2-8H2,1H3,(H2,13,15)(H,14,16)/t9-,10-/m0/s1. The Labute approximate surface area is 102 Å². The summed E-state index contributed by atoms with van der Waals surface area (Å²) in [6.45, 7) is 2.49. The molecule has 1 aliphatic rings. The normalized spacial score (nSPS) is 24.1. The molecule has 0 unspecified atom stereocenters. The van der Waals surface area contributed by atoms with E-state index in [0.717, 1.165) is 32.1 Å². The van der Waals surface area contributed by atoms with Crippen molar-refractivity contribution >= 4 is 12.0 Å². The highest BCUT2D eigenvalue weighted by atomic mass is 16.5. The minimum Gasteiger partial charge on any atom is -0.450 e. The first-order chi connectivity index (χ1) is 8.13. The molecule has 17 heavy (non-hydrogen) atoms. The van der Waals surface area contributed by atoms with Crippen molar-refractivity contribution in [3.05, 3.63) is 0 Å². The lowest BCUT2D eigenvalue weighted by molar-refractivity contribution is -0.122. The summed E-state index contributed by atoms with van der Waals surface area (Å²) in [5, 5.41) is 2.79. The molecule has 2 amide bonds. The zero-order valence-corrected chi connectivity index (χ0v) is 10.4. The van der Waals surface area contributed by atoms with E-state index in [2.05, 4.69) is 5.32 Å². The van der Waals surface area contributed by atoms with Gasteiger partial charge in [-0.25, -0.2) is 4.79 Å². The van der Waals surface area contributed by atoms with Crippen LogP contribution in [0.2, 0.25) is 0 Å². The summed E-state index contributed by atoms with van der Waals surface area (Å²) in [5.74, 6) is -0.374. The van der Waals surface area contributed by atoms with Gasteiger partial charge in [0.25, 0.3) is 0 Å². The third kappa shape index (κ3) is 5.06. The Balaban J connectivity index is 2.26. The van der Waals surface area contributed by atoms with E-state index >= 15 is 0 Å². The topological polar surface area (TPSA) is 81.4 Å². The number of carbonyl (C=O) groups is 2. The summed E-state index contributed by atoms with van der Waals surface area (Å²) in [6.07, 6.45) is 4.78. The number of unbranched alkanes of at least 4 members (excludes halogenated alkanes) is 1. The number of nitrogens with two attached hydrogens (primary N) is 1. The zero-order chi connectivity index (χ0) is 12.7. The van der Waals surface area contributed by atoms with Gasteiger partial charge in [0.05, 0.1) is 6.61 Å². The summed E-state index contributed by atoms with van der Waals surface area (Å²) in [5.41, 5.74) is 5.28. The first-order valence-corrected chi connectivity index (χ1v) is 6.36. The molecule has 3 N–H and O–H groups in total. The van der Waals surface area contributed by atoms with Gasteiger partial charge < -0.3 is 15.8 Å². The van der Waals surface area contributed by atoms with Crippen LogP contribution in [0.3, 0.4) is 0 Å². The van der Waals surface area contributed by atoms with Crippen molar-refractivity contribution in [1.82, 2.24) is 5.32 Å². The SMILES string of the molecule is CCCCOC(=O)N[C@H]1CCC[C@H](C(N)=O)C1. The molecule has 0 aliphatic heterocycles. The summed E-state index contributed by atoms with van der Waals surface area (Å²) in [6, 6.07) is 0.0235. The smallest absolute Gasteiger partial charge is 0.407 e. The van der Waals surface area contributed by atoms with E-state index in [0.29, 0.717) is 13.0 Å². The van der Waals surface area contributed by atoms with Crippen LogP contribution >= 0.6 is 0 Å². The summed E-state index contributed by atoms with van der Waals surface area (Å²) >= 11 is 0. The molecule has 5 nitrogen and oxygen atoms in total. The molecule has 0 saturated heterocycles. The Hall–Kier alpha value is -1.26. The highest BCUT2D eigenvalue weighted by Crippen LogP contribution is 2.23. The molecule has 98 valence electrons.